The van der Waals surface area contributed by atoms with Gasteiger partial charge in [-0.05, 0) is 44.2 Å². The minimum atomic E-state index is -0.789. The van der Waals surface area contributed by atoms with E-state index in [0.717, 1.165) is 5.56 Å². The Morgan fingerprint density at radius 3 is 2.61 bits per heavy atom. The molecule has 0 spiro atoms. The number of aryl methyl sites for hydroxylation is 1. The maximum absolute atomic E-state index is 13.1. The van der Waals surface area contributed by atoms with Gasteiger partial charge in [-0.25, -0.2) is 4.98 Å². The predicted molar refractivity (Wildman–Crippen MR) is 128 cm³/mol. The number of benzene rings is 1. The van der Waals surface area contributed by atoms with Crippen molar-refractivity contribution in [2.45, 2.75) is 25.3 Å². The number of halogens is 3. The SMILES string of the molecule is Cn1cc(C(c2cccc(Cl)n2)C(C)(C)NC(=O)c2cc(-c3ccc(Cl)cc3Cl)no2)cn1. The van der Waals surface area contributed by atoms with Crippen molar-refractivity contribution in [2.24, 2.45) is 7.05 Å². The topological polar surface area (TPSA) is 85.8 Å². The smallest absolute Gasteiger partial charge is 0.290 e. The standard InChI is InChI=1S/C23H20Cl3N5O2/c1-23(2,21(13-11-27-31(3)12-13)17-5-4-6-20(26)28-17)29-22(32)19-10-18(30-33-19)15-8-7-14(24)9-16(15)25/h4-12,21H,1-3H3,(H,29,32). The average Bonchev–Trinajstić information content (AvgIpc) is 3.37. The van der Waals surface area contributed by atoms with Gasteiger partial charge in [-0.2, -0.15) is 5.10 Å². The van der Waals surface area contributed by atoms with Crippen LogP contribution in [0, 0.1) is 0 Å². The predicted octanol–water partition coefficient (Wildman–Crippen LogP) is 5.77. The Morgan fingerprint density at radius 2 is 1.94 bits per heavy atom. The van der Waals surface area contributed by atoms with Crippen LogP contribution in [-0.4, -0.2) is 31.4 Å². The Kier molecular flexibility index (Phi) is 6.47. The number of rotatable bonds is 6. The zero-order valence-corrected chi connectivity index (χ0v) is 20.3. The molecule has 1 unspecified atom stereocenters. The van der Waals surface area contributed by atoms with Crippen LogP contribution in [0.4, 0.5) is 0 Å². The summed E-state index contributed by atoms with van der Waals surface area (Å²) < 4.78 is 7.02. The van der Waals surface area contributed by atoms with E-state index in [2.05, 4.69) is 20.6 Å². The quantitative estimate of drug-likeness (QED) is 0.337. The molecule has 0 aliphatic rings. The van der Waals surface area contributed by atoms with Gasteiger partial charge < -0.3 is 9.84 Å². The van der Waals surface area contributed by atoms with E-state index in [0.29, 0.717) is 32.1 Å². The molecule has 0 aliphatic carbocycles. The molecule has 3 heterocycles. The van der Waals surface area contributed by atoms with Gasteiger partial charge in [0.05, 0.1) is 22.8 Å². The molecule has 0 saturated carbocycles. The highest BCUT2D eigenvalue weighted by Crippen LogP contribution is 2.35. The second-order valence-corrected chi connectivity index (χ2v) is 9.37. The van der Waals surface area contributed by atoms with Crippen molar-refractivity contribution in [1.29, 1.82) is 0 Å². The van der Waals surface area contributed by atoms with Crippen LogP contribution in [0.5, 0.6) is 0 Å². The molecule has 1 aromatic carbocycles. The van der Waals surface area contributed by atoms with Crippen molar-refractivity contribution in [3.05, 3.63) is 87.1 Å². The van der Waals surface area contributed by atoms with Crippen molar-refractivity contribution in [1.82, 2.24) is 25.2 Å². The summed E-state index contributed by atoms with van der Waals surface area (Å²) in [7, 11) is 1.83. The lowest BCUT2D eigenvalue weighted by molar-refractivity contribution is 0.0867. The average molecular weight is 505 g/mol. The minimum absolute atomic E-state index is 0.0491. The largest absolute Gasteiger partial charge is 0.350 e. The molecule has 7 nitrogen and oxygen atoms in total. The van der Waals surface area contributed by atoms with Crippen molar-refractivity contribution in [3.8, 4) is 11.3 Å². The first-order chi connectivity index (χ1) is 15.6. The van der Waals surface area contributed by atoms with Crippen LogP contribution < -0.4 is 5.32 Å². The molecule has 1 atom stereocenters. The number of aromatic nitrogens is 4. The number of hydrogen-bond acceptors (Lipinski definition) is 5. The number of carbonyl (C=O) groups excluding carboxylic acids is 1. The second-order valence-electron chi connectivity index (χ2n) is 8.14. The summed E-state index contributed by atoms with van der Waals surface area (Å²) in [6.07, 6.45) is 3.63. The van der Waals surface area contributed by atoms with E-state index >= 15 is 0 Å². The van der Waals surface area contributed by atoms with Crippen molar-refractivity contribution < 1.29 is 9.32 Å². The van der Waals surface area contributed by atoms with Crippen molar-refractivity contribution in [3.63, 3.8) is 0 Å². The van der Waals surface area contributed by atoms with Crippen LogP contribution in [0.25, 0.3) is 11.3 Å². The first-order valence-electron chi connectivity index (χ1n) is 9.99. The normalized spacial score (nSPS) is 12.5. The van der Waals surface area contributed by atoms with Crippen LogP contribution in [0.1, 0.15) is 41.6 Å². The monoisotopic (exact) mass is 503 g/mol. The molecular formula is C23H20Cl3N5O2. The number of nitrogens with one attached hydrogen (secondary N) is 1. The van der Waals surface area contributed by atoms with E-state index in [4.69, 9.17) is 39.3 Å². The van der Waals surface area contributed by atoms with Gasteiger partial charge >= 0.3 is 0 Å². The lowest BCUT2D eigenvalue weighted by atomic mass is 9.80. The highest BCUT2D eigenvalue weighted by molar-refractivity contribution is 6.36. The van der Waals surface area contributed by atoms with E-state index in [1.807, 2.05) is 39.2 Å². The van der Waals surface area contributed by atoms with E-state index in [-0.39, 0.29) is 11.7 Å². The van der Waals surface area contributed by atoms with Gasteiger partial charge in [0.15, 0.2) is 0 Å². The molecule has 1 amide bonds. The molecule has 1 N–H and O–H groups in total. The summed E-state index contributed by atoms with van der Waals surface area (Å²) in [6, 6.07) is 11.9. The molecule has 10 heteroatoms. The maximum Gasteiger partial charge on any atom is 0.290 e. The number of pyridine rings is 1. The van der Waals surface area contributed by atoms with Crippen LogP contribution >= 0.6 is 34.8 Å². The molecule has 3 aromatic heterocycles. The molecule has 0 aliphatic heterocycles. The molecule has 0 bridgehead atoms. The zero-order chi connectivity index (χ0) is 23.8. The second kappa shape index (κ2) is 9.17. The fraction of sp³-hybridized carbons (Fsp3) is 0.217. The van der Waals surface area contributed by atoms with Crippen molar-refractivity contribution >= 4 is 40.7 Å². The van der Waals surface area contributed by atoms with Gasteiger partial charge in [0.2, 0.25) is 5.76 Å². The molecule has 4 aromatic rings. The molecule has 0 radical (unpaired) electrons. The summed E-state index contributed by atoms with van der Waals surface area (Å²) in [5.41, 5.74) is 1.83. The highest BCUT2D eigenvalue weighted by atomic mass is 35.5. The third kappa shape index (κ3) is 5.05. The molecule has 0 fully saturated rings. The summed E-state index contributed by atoms with van der Waals surface area (Å²) in [4.78, 5) is 17.6. The van der Waals surface area contributed by atoms with Gasteiger partial charge in [0.25, 0.3) is 5.91 Å². The fourth-order valence-electron chi connectivity index (χ4n) is 3.76. The van der Waals surface area contributed by atoms with E-state index in [9.17, 15) is 4.79 Å². The number of hydrogen-bond donors (Lipinski definition) is 1. The third-order valence-corrected chi connectivity index (χ3v) is 5.95. The lowest BCUT2D eigenvalue weighted by Crippen LogP contribution is -2.48. The Balaban J connectivity index is 1.63. The zero-order valence-electron chi connectivity index (χ0n) is 18.0. The van der Waals surface area contributed by atoms with Gasteiger partial charge in [-0.15, -0.1) is 0 Å². The van der Waals surface area contributed by atoms with Gasteiger partial charge in [0.1, 0.15) is 10.8 Å². The molecule has 170 valence electrons. The first kappa shape index (κ1) is 23.3. The van der Waals surface area contributed by atoms with Crippen molar-refractivity contribution in [2.75, 3.05) is 0 Å². The van der Waals surface area contributed by atoms with Crippen LogP contribution in [0.15, 0.2) is 59.4 Å². The molecule has 0 saturated heterocycles. The number of nitrogens with zero attached hydrogens (tertiary/aromatic N) is 4. The maximum atomic E-state index is 13.1. The Morgan fingerprint density at radius 1 is 1.15 bits per heavy atom. The van der Waals surface area contributed by atoms with E-state index in [1.165, 1.54) is 6.07 Å². The molecule has 4 rings (SSSR count). The van der Waals surface area contributed by atoms with Gasteiger partial charge in [0, 0.05) is 41.0 Å². The number of carbonyl (C=O) groups is 1. The highest BCUT2D eigenvalue weighted by Gasteiger charge is 2.36. The summed E-state index contributed by atoms with van der Waals surface area (Å²) in [5.74, 6) is -0.713. The lowest BCUT2D eigenvalue weighted by Gasteiger charge is -2.34. The third-order valence-electron chi connectivity index (χ3n) is 5.19. The van der Waals surface area contributed by atoms with Gasteiger partial charge in [-0.3, -0.25) is 9.48 Å². The van der Waals surface area contributed by atoms with Gasteiger partial charge in [-0.1, -0.05) is 46.0 Å². The number of amides is 1. The fourth-order valence-corrected chi connectivity index (χ4v) is 4.44. The Hall–Kier alpha value is -2.87. The van der Waals surface area contributed by atoms with E-state index in [1.54, 1.807) is 35.1 Å². The van der Waals surface area contributed by atoms with Crippen LogP contribution in [-0.2, 0) is 7.05 Å². The Bertz CT molecular complexity index is 1310. The molecular weight excluding hydrogens is 485 g/mol. The van der Waals surface area contributed by atoms with Crippen LogP contribution in [0.3, 0.4) is 0 Å². The van der Waals surface area contributed by atoms with E-state index < -0.39 is 11.4 Å². The summed E-state index contributed by atoms with van der Waals surface area (Å²) >= 11 is 18.4. The van der Waals surface area contributed by atoms with Crippen LogP contribution in [0.2, 0.25) is 15.2 Å². The summed E-state index contributed by atoms with van der Waals surface area (Å²) in [6.45, 7) is 3.80. The Labute approximate surface area is 205 Å². The molecule has 33 heavy (non-hydrogen) atoms. The first-order valence-corrected chi connectivity index (χ1v) is 11.1. The minimum Gasteiger partial charge on any atom is -0.350 e. The summed E-state index contributed by atoms with van der Waals surface area (Å²) in [5, 5.41) is 12.6.